The van der Waals surface area contributed by atoms with Crippen LogP contribution in [0.2, 0.25) is 0 Å². The van der Waals surface area contributed by atoms with Crippen molar-refractivity contribution in [3.8, 4) is 0 Å². The minimum atomic E-state index is -1.09. The van der Waals surface area contributed by atoms with Crippen LogP contribution in [0.3, 0.4) is 0 Å². The first-order valence-electron chi connectivity index (χ1n) is 4.53. The molecule has 88 valence electrons. The van der Waals surface area contributed by atoms with Gasteiger partial charge in [-0.1, -0.05) is 0 Å². The van der Waals surface area contributed by atoms with Crippen molar-refractivity contribution in [2.75, 3.05) is 20.3 Å². The van der Waals surface area contributed by atoms with E-state index in [1.54, 1.807) is 0 Å². The van der Waals surface area contributed by atoms with Gasteiger partial charge in [0.2, 0.25) is 5.91 Å². The van der Waals surface area contributed by atoms with Gasteiger partial charge in [-0.05, 0) is 13.8 Å². The fourth-order valence-corrected chi connectivity index (χ4v) is 0.770. The summed E-state index contributed by atoms with van der Waals surface area (Å²) < 4.78 is 4.69. The maximum Gasteiger partial charge on any atom is 0.309 e. The van der Waals surface area contributed by atoms with E-state index < -0.39 is 17.3 Å². The van der Waals surface area contributed by atoms with Gasteiger partial charge < -0.3 is 9.84 Å². The second-order valence-electron chi connectivity index (χ2n) is 3.73. The number of ether oxygens (including phenoxy) is 1. The first-order valence-corrected chi connectivity index (χ1v) is 4.53. The summed E-state index contributed by atoms with van der Waals surface area (Å²) in [5.41, 5.74) is 1.06. The molecule has 15 heavy (non-hydrogen) atoms. The molecule has 0 saturated carbocycles. The molecule has 0 heterocycles. The van der Waals surface area contributed by atoms with Crippen molar-refractivity contribution < 1.29 is 24.3 Å². The Kier molecular flexibility index (Phi) is 5.88. The SMILES string of the molecule is COCCONC(=O)CC(C)(C)C(=O)O. The summed E-state index contributed by atoms with van der Waals surface area (Å²) >= 11 is 0. The zero-order chi connectivity index (χ0) is 11.9. The van der Waals surface area contributed by atoms with Crippen LogP contribution in [-0.2, 0) is 19.2 Å². The predicted molar refractivity (Wildman–Crippen MR) is 52.0 cm³/mol. The second kappa shape index (κ2) is 6.36. The Labute approximate surface area is 88.5 Å². The van der Waals surface area contributed by atoms with E-state index in [-0.39, 0.29) is 13.0 Å². The molecule has 0 bridgehead atoms. The quantitative estimate of drug-likeness (QED) is 0.471. The Morgan fingerprint density at radius 1 is 1.33 bits per heavy atom. The molecule has 0 aromatic carbocycles. The number of carbonyl (C=O) groups is 2. The van der Waals surface area contributed by atoms with Gasteiger partial charge in [0, 0.05) is 13.5 Å². The van der Waals surface area contributed by atoms with E-state index >= 15 is 0 Å². The fraction of sp³-hybridized carbons (Fsp3) is 0.778. The number of rotatable bonds is 7. The number of carboxylic acids is 1. The third-order valence-electron chi connectivity index (χ3n) is 1.76. The Morgan fingerprint density at radius 3 is 2.40 bits per heavy atom. The lowest BCUT2D eigenvalue weighted by Gasteiger charge is -2.17. The number of hydroxylamine groups is 1. The van der Waals surface area contributed by atoms with Gasteiger partial charge in [0.1, 0.15) is 0 Å². The Hall–Kier alpha value is -1.14. The van der Waals surface area contributed by atoms with E-state index in [1.165, 1.54) is 21.0 Å². The van der Waals surface area contributed by atoms with Gasteiger partial charge in [-0.25, -0.2) is 5.48 Å². The van der Waals surface area contributed by atoms with Crippen LogP contribution in [-0.4, -0.2) is 37.3 Å². The predicted octanol–water partition coefficient (Wildman–Crippen LogP) is 0.181. The van der Waals surface area contributed by atoms with Crippen LogP contribution in [0.25, 0.3) is 0 Å². The van der Waals surface area contributed by atoms with Gasteiger partial charge in [-0.3, -0.25) is 14.4 Å². The monoisotopic (exact) mass is 219 g/mol. The number of aliphatic carboxylic acids is 1. The summed E-state index contributed by atoms with van der Waals surface area (Å²) in [6, 6.07) is 0. The van der Waals surface area contributed by atoms with E-state index in [0.717, 1.165) is 0 Å². The number of methoxy groups -OCH3 is 1. The molecule has 0 unspecified atom stereocenters. The summed E-state index contributed by atoms with van der Waals surface area (Å²) in [7, 11) is 1.51. The lowest BCUT2D eigenvalue weighted by Crippen LogP contribution is -2.33. The van der Waals surface area contributed by atoms with Crippen LogP contribution in [0.5, 0.6) is 0 Å². The largest absolute Gasteiger partial charge is 0.481 e. The van der Waals surface area contributed by atoms with E-state index in [0.29, 0.717) is 6.61 Å². The van der Waals surface area contributed by atoms with Gasteiger partial charge in [0.25, 0.3) is 0 Å². The molecule has 0 spiro atoms. The van der Waals surface area contributed by atoms with Crippen molar-refractivity contribution in [3.05, 3.63) is 0 Å². The molecule has 0 atom stereocenters. The Balaban J connectivity index is 3.79. The van der Waals surface area contributed by atoms with Crippen molar-refractivity contribution in [3.63, 3.8) is 0 Å². The number of carbonyl (C=O) groups excluding carboxylic acids is 1. The lowest BCUT2D eigenvalue weighted by molar-refractivity contribution is -0.152. The highest BCUT2D eigenvalue weighted by Crippen LogP contribution is 2.19. The average molecular weight is 219 g/mol. The topological polar surface area (TPSA) is 84.9 Å². The van der Waals surface area contributed by atoms with Crippen molar-refractivity contribution in [1.29, 1.82) is 0 Å². The molecular formula is C9H17NO5. The molecule has 0 fully saturated rings. The van der Waals surface area contributed by atoms with E-state index in [2.05, 4.69) is 5.48 Å². The zero-order valence-corrected chi connectivity index (χ0v) is 9.20. The highest BCUT2D eigenvalue weighted by atomic mass is 16.7. The summed E-state index contributed by atoms with van der Waals surface area (Å²) in [6.45, 7) is 3.55. The minimum absolute atomic E-state index is 0.130. The van der Waals surface area contributed by atoms with Gasteiger partial charge in [-0.15, -0.1) is 0 Å². The third-order valence-corrected chi connectivity index (χ3v) is 1.76. The van der Waals surface area contributed by atoms with Crippen molar-refractivity contribution in [1.82, 2.24) is 5.48 Å². The fourth-order valence-electron chi connectivity index (χ4n) is 0.770. The molecule has 0 aliphatic carbocycles. The lowest BCUT2D eigenvalue weighted by atomic mass is 9.89. The minimum Gasteiger partial charge on any atom is -0.481 e. The maximum atomic E-state index is 11.2. The summed E-state index contributed by atoms with van der Waals surface area (Å²) in [5, 5.41) is 8.76. The molecule has 0 aromatic rings. The molecule has 0 rings (SSSR count). The third kappa shape index (κ3) is 6.03. The molecule has 0 radical (unpaired) electrons. The van der Waals surface area contributed by atoms with Crippen LogP contribution >= 0.6 is 0 Å². The van der Waals surface area contributed by atoms with Gasteiger partial charge in [0.15, 0.2) is 0 Å². The Bertz CT molecular complexity index is 227. The molecule has 1 amide bonds. The molecule has 0 aromatic heterocycles. The average Bonchev–Trinajstić information content (AvgIpc) is 2.11. The van der Waals surface area contributed by atoms with E-state index in [9.17, 15) is 9.59 Å². The van der Waals surface area contributed by atoms with Gasteiger partial charge in [-0.2, -0.15) is 0 Å². The number of carboxylic acid groups (broad SMARTS) is 1. The summed E-state index contributed by atoms with van der Waals surface area (Å²) in [6.07, 6.45) is -0.130. The number of nitrogens with one attached hydrogen (secondary N) is 1. The maximum absolute atomic E-state index is 11.2. The van der Waals surface area contributed by atoms with Gasteiger partial charge in [0.05, 0.1) is 18.6 Å². The highest BCUT2D eigenvalue weighted by molar-refractivity contribution is 5.83. The summed E-state index contributed by atoms with van der Waals surface area (Å²) in [4.78, 5) is 26.6. The molecule has 2 N–H and O–H groups in total. The van der Waals surface area contributed by atoms with Crippen LogP contribution in [0.4, 0.5) is 0 Å². The smallest absolute Gasteiger partial charge is 0.309 e. The van der Waals surface area contributed by atoms with Crippen LogP contribution in [0.1, 0.15) is 20.3 Å². The van der Waals surface area contributed by atoms with E-state index in [4.69, 9.17) is 14.7 Å². The summed E-state index contributed by atoms with van der Waals surface area (Å²) in [5.74, 6) is -1.48. The van der Waals surface area contributed by atoms with Crippen LogP contribution in [0.15, 0.2) is 0 Å². The van der Waals surface area contributed by atoms with E-state index in [1.807, 2.05) is 0 Å². The molecule has 0 aliphatic heterocycles. The molecule has 0 aliphatic rings. The molecule has 0 saturated heterocycles. The standard InChI is InChI=1S/C9H17NO5/c1-9(2,8(12)13)6-7(11)10-15-5-4-14-3/h4-6H2,1-3H3,(H,10,11)(H,12,13). The van der Waals surface area contributed by atoms with Crippen molar-refractivity contribution in [2.24, 2.45) is 5.41 Å². The van der Waals surface area contributed by atoms with Crippen molar-refractivity contribution >= 4 is 11.9 Å². The second-order valence-corrected chi connectivity index (χ2v) is 3.73. The normalized spacial score (nSPS) is 11.1. The van der Waals surface area contributed by atoms with Crippen molar-refractivity contribution in [2.45, 2.75) is 20.3 Å². The first-order chi connectivity index (χ1) is 6.90. The van der Waals surface area contributed by atoms with Crippen LogP contribution in [0, 0.1) is 5.41 Å². The number of amides is 1. The molecule has 6 heteroatoms. The molecular weight excluding hydrogens is 202 g/mol. The van der Waals surface area contributed by atoms with Gasteiger partial charge >= 0.3 is 5.97 Å². The number of hydrogen-bond acceptors (Lipinski definition) is 4. The Morgan fingerprint density at radius 2 is 1.93 bits per heavy atom. The van der Waals surface area contributed by atoms with Crippen LogP contribution < -0.4 is 5.48 Å². The molecule has 6 nitrogen and oxygen atoms in total. The highest BCUT2D eigenvalue weighted by Gasteiger charge is 2.30. The first kappa shape index (κ1) is 13.9. The number of hydrogen-bond donors (Lipinski definition) is 2. The zero-order valence-electron chi connectivity index (χ0n) is 9.20.